The lowest BCUT2D eigenvalue weighted by molar-refractivity contribution is -0.136. The van der Waals surface area contributed by atoms with E-state index >= 15 is 0 Å². The average molecular weight is 234 g/mol. The largest absolute Gasteiger partial charge is 0.493 e. The van der Waals surface area contributed by atoms with E-state index in [0.717, 1.165) is 25.6 Å². The molecule has 0 atom stereocenters. The summed E-state index contributed by atoms with van der Waals surface area (Å²) in [7, 11) is 0. The van der Waals surface area contributed by atoms with Crippen LogP contribution < -0.4 is 4.74 Å². The van der Waals surface area contributed by atoms with E-state index in [2.05, 4.69) is 6.92 Å². The minimum absolute atomic E-state index is 0.283. The summed E-state index contributed by atoms with van der Waals surface area (Å²) in [6, 6.07) is 10.1. The molecule has 0 spiro atoms. The van der Waals surface area contributed by atoms with Crippen molar-refractivity contribution in [1.82, 2.24) is 0 Å². The standard InChI is InChI=1S/C15H22O2/c1-2-3-7-10-15(11-16-12-15)13-17-14-8-5-4-6-9-14/h4-6,8-9H,2-3,7,10-13H2,1H3. The summed E-state index contributed by atoms with van der Waals surface area (Å²) in [5, 5.41) is 0. The molecule has 1 aromatic carbocycles. The molecule has 0 bridgehead atoms. The number of hydrogen-bond donors (Lipinski definition) is 0. The van der Waals surface area contributed by atoms with Crippen molar-refractivity contribution in [2.75, 3.05) is 19.8 Å². The van der Waals surface area contributed by atoms with Crippen LogP contribution in [0.2, 0.25) is 0 Å². The predicted molar refractivity (Wildman–Crippen MR) is 69.3 cm³/mol. The second-order valence-corrected chi connectivity index (χ2v) is 5.05. The maximum absolute atomic E-state index is 5.86. The number of benzene rings is 1. The second-order valence-electron chi connectivity index (χ2n) is 5.05. The van der Waals surface area contributed by atoms with Crippen molar-refractivity contribution in [3.8, 4) is 5.75 Å². The highest BCUT2D eigenvalue weighted by Crippen LogP contribution is 2.34. The summed E-state index contributed by atoms with van der Waals surface area (Å²) in [4.78, 5) is 0. The van der Waals surface area contributed by atoms with Crippen LogP contribution in [0, 0.1) is 5.41 Å². The molecule has 2 heteroatoms. The van der Waals surface area contributed by atoms with Gasteiger partial charge in [0.1, 0.15) is 5.75 Å². The topological polar surface area (TPSA) is 18.5 Å². The monoisotopic (exact) mass is 234 g/mol. The molecule has 17 heavy (non-hydrogen) atoms. The summed E-state index contributed by atoms with van der Waals surface area (Å²) in [5.74, 6) is 0.967. The van der Waals surface area contributed by atoms with Crippen LogP contribution in [-0.4, -0.2) is 19.8 Å². The second kappa shape index (κ2) is 6.06. The van der Waals surface area contributed by atoms with Gasteiger partial charge in [0, 0.05) is 0 Å². The molecule has 0 radical (unpaired) electrons. The third-order valence-corrected chi connectivity index (χ3v) is 3.42. The Hall–Kier alpha value is -1.02. The summed E-state index contributed by atoms with van der Waals surface area (Å²) < 4.78 is 11.2. The summed E-state index contributed by atoms with van der Waals surface area (Å²) in [6.45, 7) is 4.76. The third-order valence-electron chi connectivity index (χ3n) is 3.42. The van der Waals surface area contributed by atoms with E-state index in [1.807, 2.05) is 30.3 Å². The molecular formula is C15H22O2. The smallest absolute Gasteiger partial charge is 0.119 e. The molecule has 0 aliphatic carbocycles. The van der Waals surface area contributed by atoms with Crippen LogP contribution in [0.25, 0.3) is 0 Å². The fourth-order valence-electron chi connectivity index (χ4n) is 2.19. The molecule has 0 aromatic heterocycles. The van der Waals surface area contributed by atoms with E-state index in [9.17, 15) is 0 Å². The van der Waals surface area contributed by atoms with Gasteiger partial charge in [-0.15, -0.1) is 0 Å². The molecule has 1 fully saturated rings. The highest BCUT2D eigenvalue weighted by atomic mass is 16.5. The number of unbranched alkanes of at least 4 members (excludes halogenated alkanes) is 2. The highest BCUT2D eigenvalue weighted by molar-refractivity contribution is 5.21. The molecule has 0 unspecified atom stereocenters. The summed E-state index contributed by atoms with van der Waals surface area (Å²) in [5.41, 5.74) is 0.283. The van der Waals surface area contributed by atoms with E-state index in [4.69, 9.17) is 9.47 Å². The Morgan fingerprint density at radius 2 is 1.94 bits per heavy atom. The van der Waals surface area contributed by atoms with Crippen LogP contribution in [-0.2, 0) is 4.74 Å². The zero-order valence-electron chi connectivity index (χ0n) is 10.7. The van der Waals surface area contributed by atoms with Gasteiger partial charge in [-0.05, 0) is 18.6 Å². The number of hydrogen-bond acceptors (Lipinski definition) is 2. The number of para-hydroxylation sites is 1. The number of ether oxygens (including phenoxy) is 2. The van der Waals surface area contributed by atoms with Crippen LogP contribution in [0.5, 0.6) is 5.75 Å². The van der Waals surface area contributed by atoms with Gasteiger partial charge in [0.25, 0.3) is 0 Å². The lowest BCUT2D eigenvalue weighted by Crippen LogP contribution is -2.47. The van der Waals surface area contributed by atoms with E-state index in [1.165, 1.54) is 25.7 Å². The molecule has 1 saturated heterocycles. The highest BCUT2D eigenvalue weighted by Gasteiger charge is 2.38. The predicted octanol–water partition coefficient (Wildman–Crippen LogP) is 3.66. The minimum atomic E-state index is 0.283. The molecule has 0 saturated carbocycles. The van der Waals surface area contributed by atoms with Crippen LogP contribution in [0.4, 0.5) is 0 Å². The van der Waals surface area contributed by atoms with Gasteiger partial charge >= 0.3 is 0 Å². The molecule has 2 rings (SSSR count). The van der Waals surface area contributed by atoms with E-state index in [-0.39, 0.29) is 5.41 Å². The van der Waals surface area contributed by atoms with Crippen molar-refractivity contribution in [3.63, 3.8) is 0 Å². The van der Waals surface area contributed by atoms with Crippen molar-refractivity contribution in [3.05, 3.63) is 30.3 Å². The van der Waals surface area contributed by atoms with E-state index in [0.29, 0.717) is 0 Å². The van der Waals surface area contributed by atoms with Crippen molar-refractivity contribution < 1.29 is 9.47 Å². The van der Waals surface area contributed by atoms with Crippen molar-refractivity contribution in [2.24, 2.45) is 5.41 Å². The minimum Gasteiger partial charge on any atom is -0.493 e. The van der Waals surface area contributed by atoms with Crippen LogP contribution >= 0.6 is 0 Å². The molecule has 1 heterocycles. The lowest BCUT2D eigenvalue weighted by Gasteiger charge is -2.41. The van der Waals surface area contributed by atoms with Gasteiger partial charge < -0.3 is 9.47 Å². The Kier molecular flexibility index (Phi) is 4.43. The zero-order valence-corrected chi connectivity index (χ0v) is 10.7. The molecule has 2 nitrogen and oxygen atoms in total. The maximum atomic E-state index is 5.86. The SMILES string of the molecule is CCCCCC1(COc2ccccc2)COC1. The van der Waals surface area contributed by atoms with Gasteiger partial charge in [-0.25, -0.2) is 0 Å². The lowest BCUT2D eigenvalue weighted by atomic mass is 9.81. The molecule has 94 valence electrons. The Balaban J connectivity index is 1.79. The Morgan fingerprint density at radius 3 is 2.53 bits per heavy atom. The van der Waals surface area contributed by atoms with Crippen LogP contribution in [0.15, 0.2) is 30.3 Å². The maximum Gasteiger partial charge on any atom is 0.119 e. The molecule has 1 aromatic rings. The van der Waals surface area contributed by atoms with Gasteiger partial charge in [-0.3, -0.25) is 0 Å². The van der Waals surface area contributed by atoms with Gasteiger partial charge in [-0.2, -0.15) is 0 Å². The van der Waals surface area contributed by atoms with E-state index in [1.54, 1.807) is 0 Å². The Labute approximate surface area is 104 Å². The fraction of sp³-hybridized carbons (Fsp3) is 0.600. The van der Waals surface area contributed by atoms with Gasteiger partial charge in [-0.1, -0.05) is 44.4 Å². The molecule has 1 aliphatic rings. The molecule has 0 amide bonds. The number of rotatable bonds is 7. The van der Waals surface area contributed by atoms with Crippen LogP contribution in [0.3, 0.4) is 0 Å². The van der Waals surface area contributed by atoms with Crippen molar-refractivity contribution >= 4 is 0 Å². The fourth-order valence-corrected chi connectivity index (χ4v) is 2.19. The van der Waals surface area contributed by atoms with E-state index < -0.39 is 0 Å². The third kappa shape index (κ3) is 3.47. The van der Waals surface area contributed by atoms with Crippen LogP contribution in [0.1, 0.15) is 32.6 Å². The normalized spacial score (nSPS) is 17.5. The Bertz CT molecular complexity index is 317. The molecular weight excluding hydrogens is 212 g/mol. The van der Waals surface area contributed by atoms with Gasteiger partial charge in [0.2, 0.25) is 0 Å². The first-order valence-electron chi connectivity index (χ1n) is 6.60. The first kappa shape index (κ1) is 12.4. The summed E-state index contributed by atoms with van der Waals surface area (Å²) in [6.07, 6.45) is 5.11. The average Bonchev–Trinajstić information content (AvgIpc) is 2.33. The molecule has 0 N–H and O–H groups in total. The first-order chi connectivity index (χ1) is 8.35. The van der Waals surface area contributed by atoms with Gasteiger partial charge in [0.15, 0.2) is 0 Å². The Morgan fingerprint density at radius 1 is 1.18 bits per heavy atom. The quantitative estimate of drug-likeness (QED) is 0.670. The van der Waals surface area contributed by atoms with Crippen molar-refractivity contribution in [2.45, 2.75) is 32.6 Å². The first-order valence-corrected chi connectivity index (χ1v) is 6.60. The van der Waals surface area contributed by atoms with Gasteiger partial charge in [0.05, 0.1) is 25.2 Å². The molecule has 1 aliphatic heterocycles. The van der Waals surface area contributed by atoms with Crippen molar-refractivity contribution in [1.29, 1.82) is 0 Å². The zero-order chi connectivity index (χ0) is 12.0. The summed E-state index contributed by atoms with van der Waals surface area (Å²) >= 11 is 0.